The van der Waals surface area contributed by atoms with Gasteiger partial charge >= 0.3 is 6.18 Å². The van der Waals surface area contributed by atoms with Gasteiger partial charge in [0, 0.05) is 17.3 Å². The Morgan fingerprint density at radius 1 is 0.864 bits per heavy atom. The molecule has 0 saturated heterocycles. The minimum atomic E-state index is -4.50. The average Bonchev–Trinajstić information content (AvgIpc) is 2.48. The summed E-state index contributed by atoms with van der Waals surface area (Å²) < 4.78 is 52.7. The number of nitrogens with zero attached hydrogens (tertiary/aromatic N) is 1. The molecule has 2 nitrogen and oxygen atoms in total. The maximum atomic E-state index is 13.7. The van der Waals surface area contributed by atoms with Crippen LogP contribution in [0.3, 0.4) is 0 Å². The minimum Gasteiger partial charge on any atom is -0.353 e. The van der Waals surface area contributed by atoms with Crippen molar-refractivity contribution in [2.75, 3.05) is 5.32 Å². The van der Waals surface area contributed by atoms with E-state index in [1.54, 1.807) is 6.07 Å². The van der Waals surface area contributed by atoms with Gasteiger partial charge in [-0.1, -0.05) is 24.3 Å². The fourth-order valence-corrected chi connectivity index (χ4v) is 2.22. The first-order chi connectivity index (χ1) is 10.5. The third-order valence-electron chi connectivity index (χ3n) is 3.22. The van der Waals surface area contributed by atoms with Crippen LogP contribution in [0.15, 0.2) is 54.7 Å². The van der Waals surface area contributed by atoms with Gasteiger partial charge in [-0.15, -0.1) is 0 Å². The van der Waals surface area contributed by atoms with Gasteiger partial charge in [0.1, 0.15) is 5.82 Å². The quantitative estimate of drug-likeness (QED) is 0.663. The number of nitrogens with one attached hydrogen (secondary N) is 1. The summed E-state index contributed by atoms with van der Waals surface area (Å²) in [4.78, 5) is 3.82. The third-order valence-corrected chi connectivity index (χ3v) is 3.22. The largest absolute Gasteiger partial charge is 0.418 e. The summed E-state index contributed by atoms with van der Waals surface area (Å²) in [5.41, 5.74) is -0.438. The zero-order valence-corrected chi connectivity index (χ0v) is 11.2. The molecule has 112 valence electrons. The number of halogens is 4. The standard InChI is InChI=1S/C16H10F4N2/c17-12-6-1-2-7-14(12)22-13-8-9-21-15-10(13)4-3-5-11(15)16(18,19)20/h1-9H,(H,21,22). The van der Waals surface area contributed by atoms with Gasteiger partial charge in [-0.25, -0.2) is 4.39 Å². The molecule has 6 heteroatoms. The molecule has 0 atom stereocenters. The molecular formula is C16H10F4N2. The van der Waals surface area contributed by atoms with E-state index >= 15 is 0 Å². The van der Waals surface area contributed by atoms with Crippen LogP contribution < -0.4 is 5.32 Å². The predicted molar refractivity (Wildman–Crippen MR) is 76.4 cm³/mol. The normalized spacial score (nSPS) is 11.6. The van der Waals surface area contributed by atoms with Crippen LogP contribution in [0.4, 0.5) is 28.9 Å². The van der Waals surface area contributed by atoms with E-state index in [4.69, 9.17) is 0 Å². The molecular weight excluding hydrogens is 296 g/mol. The maximum absolute atomic E-state index is 13.7. The minimum absolute atomic E-state index is 0.170. The van der Waals surface area contributed by atoms with Crippen molar-refractivity contribution in [2.45, 2.75) is 6.18 Å². The molecule has 0 amide bonds. The number of benzene rings is 2. The molecule has 0 radical (unpaired) electrons. The Balaban J connectivity index is 2.14. The van der Waals surface area contributed by atoms with E-state index in [1.165, 1.54) is 42.6 Å². The molecule has 1 aromatic heterocycles. The van der Waals surface area contributed by atoms with Gasteiger partial charge in [-0.3, -0.25) is 4.98 Å². The van der Waals surface area contributed by atoms with Crippen LogP contribution in [0.1, 0.15) is 5.56 Å². The van der Waals surface area contributed by atoms with Crippen LogP contribution in [-0.4, -0.2) is 4.98 Å². The van der Waals surface area contributed by atoms with Crippen molar-refractivity contribution in [3.05, 3.63) is 66.1 Å². The molecule has 0 unspecified atom stereocenters. The lowest BCUT2D eigenvalue weighted by atomic mass is 10.1. The molecule has 2 aromatic carbocycles. The van der Waals surface area contributed by atoms with Gasteiger partial charge in [-0.05, 0) is 24.3 Å². The third kappa shape index (κ3) is 2.59. The Morgan fingerprint density at radius 3 is 2.36 bits per heavy atom. The van der Waals surface area contributed by atoms with Gasteiger partial charge in [0.05, 0.1) is 16.8 Å². The number of hydrogen-bond acceptors (Lipinski definition) is 2. The van der Waals surface area contributed by atoms with Crippen LogP contribution >= 0.6 is 0 Å². The first-order valence-electron chi connectivity index (χ1n) is 6.43. The highest BCUT2D eigenvalue weighted by atomic mass is 19.4. The summed E-state index contributed by atoms with van der Waals surface area (Å²) in [6.45, 7) is 0. The Kier molecular flexibility index (Phi) is 3.44. The SMILES string of the molecule is Fc1ccccc1Nc1ccnc2c(C(F)(F)F)cccc12. The smallest absolute Gasteiger partial charge is 0.353 e. The van der Waals surface area contributed by atoms with E-state index in [1.807, 2.05) is 0 Å². The fourth-order valence-electron chi connectivity index (χ4n) is 2.22. The highest BCUT2D eigenvalue weighted by Crippen LogP contribution is 2.36. The molecule has 3 aromatic rings. The molecule has 0 aliphatic rings. The highest BCUT2D eigenvalue weighted by molar-refractivity contribution is 5.94. The van der Waals surface area contributed by atoms with Crippen molar-refractivity contribution < 1.29 is 17.6 Å². The Bertz CT molecular complexity index is 828. The Morgan fingerprint density at radius 2 is 1.64 bits per heavy atom. The van der Waals surface area contributed by atoms with Crippen molar-refractivity contribution in [2.24, 2.45) is 0 Å². The zero-order chi connectivity index (χ0) is 15.7. The molecule has 0 fully saturated rings. The number of alkyl halides is 3. The van der Waals surface area contributed by atoms with Crippen LogP contribution in [0.2, 0.25) is 0 Å². The van der Waals surface area contributed by atoms with E-state index in [0.717, 1.165) is 6.07 Å². The highest BCUT2D eigenvalue weighted by Gasteiger charge is 2.33. The number of aromatic nitrogens is 1. The van der Waals surface area contributed by atoms with Gasteiger partial charge in [0.2, 0.25) is 0 Å². The van der Waals surface area contributed by atoms with E-state index in [0.29, 0.717) is 5.69 Å². The van der Waals surface area contributed by atoms with Crippen LogP contribution in [0.25, 0.3) is 10.9 Å². The molecule has 0 saturated carbocycles. The molecule has 0 aliphatic heterocycles. The van der Waals surface area contributed by atoms with Crippen molar-refractivity contribution in [3.63, 3.8) is 0 Å². The van der Waals surface area contributed by atoms with E-state index in [-0.39, 0.29) is 16.6 Å². The van der Waals surface area contributed by atoms with Crippen molar-refractivity contribution in [1.82, 2.24) is 4.98 Å². The van der Waals surface area contributed by atoms with Crippen LogP contribution in [0, 0.1) is 5.82 Å². The van der Waals surface area contributed by atoms with E-state index in [9.17, 15) is 17.6 Å². The molecule has 3 rings (SSSR count). The second kappa shape index (κ2) is 5.29. The number of hydrogen-bond donors (Lipinski definition) is 1. The summed E-state index contributed by atoms with van der Waals surface area (Å²) in [5.74, 6) is -0.487. The average molecular weight is 306 g/mol. The van der Waals surface area contributed by atoms with Gasteiger partial charge in [0.25, 0.3) is 0 Å². The number of rotatable bonds is 2. The number of anilines is 2. The Labute approximate surface area is 123 Å². The topological polar surface area (TPSA) is 24.9 Å². The maximum Gasteiger partial charge on any atom is 0.418 e. The predicted octanol–water partition coefficient (Wildman–Crippen LogP) is 5.14. The Hall–Kier alpha value is -2.63. The summed E-state index contributed by atoms with van der Waals surface area (Å²) in [7, 11) is 0. The molecule has 1 heterocycles. The summed E-state index contributed by atoms with van der Waals surface area (Å²) in [6.07, 6.45) is -3.23. The van der Waals surface area contributed by atoms with Gasteiger partial charge < -0.3 is 5.32 Å². The molecule has 0 bridgehead atoms. The molecule has 0 spiro atoms. The summed E-state index contributed by atoms with van der Waals surface area (Å²) in [6, 6.07) is 11.3. The molecule has 22 heavy (non-hydrogen) atoms. The lowest BCUT2D eigenvalue weighted by Crippen LogP contribution is -2.07. The molecule has 1 N–H and O–H groups in total. The van der Waals surface area contributed by atoms with Crippen LogP contribution in [0.5, 0.6) is 0 Å². The van der Waals surface area contributed by atoms with Crippen molar-refractivity contribution in [3.8, 4) is 0 Å². The van der Waals surface area contributed by atoms with Gasteiger partial charge in [0.15, 0.2) is 0 Å². The monoisotopic (exact) mass is 306 g/mol. The fraction of sp³-hybridized carbons (Fsp3) is 0.0625. The zero-order valence-electron chi connectivity index (χ0n) is 11.2. The second-order valence-electron chi connectivity index (χ2n) is 4.66. The van der Waals surface area contributed by atoms with E-state index < -0.39 is 17.6 Å². The van der Waals surface area contributed by atoms with Crippen molar-refractivity contribution >= 4 is 22.3 Å². The number of para-hydroxylation sites is 2. The van der Waals surface area contributed by atoms with Crippen molar-refractivity contribution in [1.29, 1.82) is 0 Å². The van der Waals surface area contributed by atoms with Gasteiger partial charge in [-0.2, -0.15) is 13.2 Å². The number of pyridine rings is 1. The first-order valence-corrected chi connectivity index (χ1v) is 6.43. The second-order valence-corrected chi connectivity index (χ2v) is 4.66. The number of fused-ring (bicyclic) bond motifs is 1. The van der Waals surface area contributed by atoms with Crippen LogP contribution in [-0.2, 0) is 6.18 Å². The molecule has 0 aliphatic carbocycles. The van der Waals surface area contributed by atoms with E-state index in [2.05, 4.69) is 10.3 Å². The lowest BCUT2D eigenvalue weighted by molar-refractivity contribution is -0.136. The summed E-state index contributed by atoms with van der Waals surface area (Å²) in [5, 5.41) is 3.09. The summed E-state index contributed by atoms with van der Waals surface area (Å²) >= 11 is 0. The lowest BCUT2D eigenvalue weighted by Gasteiger charge is -2.13. The first kappa shape index (κ1) is 14.3.